The Labute approximate surface area is 103 Å². The number of nitrogens with one attached hydrogen (secondary N) is 1. The summed E-state index contributed by atoms with van der Waals surface area (Å²) in [6.45, 7) is 6.46. The summed E-state index contributed by atoms with van der Waals surface area (Å²) >= 11 is 0. The van der Waals surface area contributed by atoms with E-state index in [0.717, 1.165) is 32.7 Å². The van der Waals surface area contributed by atoms with Crippen molar-refractivity contribution < 1.29 is 4.74 Å². The van der Waals surface area contributed by atoms with Crippen molar-refractivity contribution in [2.45, 2.75) is 13.3 Å². The van der Waals surface area contributed by atoms with Crippen molar-refractivity contribution in [1.82, 2.24) is 5.32 Å². The first-order valence-corrected chi connectivity index (χ1v) is 6.29. The zero-order chi connectivity index (χ0) is 12.1. The summed E-state index contributed by atoms with van der Waals surface area (Å²) in [6.07, 6.45) is 1.08. The van der Waals surface area contributed by atoms with Crippen LogP contribution in [0.1, 0.15) is 11.1 Å². The van der Waals surface area contributed by atoms with E-state index in [1.165, 1.54) is 11.1 Å². The standard InChI is InChI=1S/C14H22N2O/c1-12-4-2-3-5-13(12)6-7-16-9-14(8-15)10-17-11-14/h2-5,16H,6-11,15H2,1H3. The fourth-order valence-corrected chi connectivity index (χ4v) is 2.15. The number of rotatable bonds is 6. The molecule has 0 amide bonds. The summed E-state index contributed by atoms with van der Waals surface area (Å²) in [4.78, 5) is 0. The van der Waals surface area contributed by atoms with Gasteiger partial charge in [0.05, 0.1) is 13.2 Å². The van der Waals surface area contributed by atoms with Gasteiger partial charge in [0.25, 0.3) is 0 Å². The molecule has 0 aliphatic carbocycles. The highest BCUT2D eigenvalue weighted by Gasteiger charge is 2.36. The molecule has 94 valence electrons. The number of benzene rings is 1. The van der Waals surface area contributed by atoms with E-state index in [0.29, 0.717) is 6.54 Å². The Morgan fingerprint density at radius 3 is 2.71 bits per heavy atom. The van der Waals surface area contributed by atoms with E-state index in [-0.39, 0.29) is 5.41 Å². The lowest BCUT2D eigenvalue weighted by Gasteiger charge is -2.40. The Balaban J connectivity index is 1.71. The summed E-state index contributed by atoms with van der Waals surface area (Å²) in [5, 5.41) is 3.49. The second-order valence-electron chi connectivity index (χ2n) is 5.05. The lowest BCUT2D eigenvalue weighted by molar-refractivity contribution is -0.104. The van der Waals surface area contributed by atoms with Gasteiger partial charge >= 0.3 is 0 Å². The van der Waals surface area contributed by atoms with Crippen LogP contribution >= 0.6 is 0 Å². The van der Waals surface area contributed by atoms with E-state index in [9.17, 15) is 0 Å². The molecule has 1 heterocycles. The van der Waals surface area contributed by atoms with E-state index in [2.05, 4.69) is 36.5 Å². The van der Waals surface area contributed by atoms with E-state index in [1.807, 2.05) is 0 Å². The van der Waals surface area contributed by atoms with Gasteiger partial charge in [0, 0.05) is 18.5 Å². The van der Waals surface area contributed by atoms with Gasteiger partial charge in [-0.15, -0.1) is 0 Å². The van der Waals surface area contributed by atoms with Crippen molar-refractivity contribution in [3.05, 3.63) is 35.4 Å². The Morgan fingerprint density at radius 2 is 2.12 bits per heavy atom. The summed E-state index contributed by atoms with van der Waals surface area (Å²) in [5.41, 5.74) is 8.76. The summed E-state index contributed by atoms with van der Waals surface area (Å²) < 4.78 is 5.24. The van der Waals surface area contributed by atoms with Crippen LogP contribution in [0.3, 0.4) is 0 Å². The number of hydrogen-bond donors (Lipinski definition) is 2. The lowest BCUT2D eigenvalue weighted by Crippen LogP contribution is -2.54. The average Bonchev–Trinajstić information content (AvgIpc) is 2.29. The van der Waals surface area contributed by atoms with Crippen molar-refractivity contribution in [3.63, 3.8) is 0 Å². The van der Waals surface area contributed by atoms with Gasteiger partial charge in [-0.3, -0.25) is 0 Å². The van der Waals surface area contributed by atoms with Crippen LogP contribution < -0.4 is 11.1 Å². The lowest BCUT2D eigenvalue weighted by atomic mass is 9.86. The Bertz CT molecular complexity index is 355. The second-order valence-corrected chi connectivity index (χ2v) is 5.05. The van der Waals surface area contributed by atoms with E-state index < -0.39 is 0 Å². The smallest absolute Gasteiger partial charge is 0.0569 e. The van der Waals surface area contributed by atoms with Crippen LogP contribution in [0, 0.1) is 12.3 Å². The van der Waals surface area contributed by atoms with E-state index in [4.69, 9.17) is 10.5 Å². The molecule has 0 radical (unpaired) electrons. The first-order chi connectivity index (χ1) is 8.26. The van der Waals surface area contributed by atoms with Crippen LogP contribution in [0.2, 0.25) is 0 Å². The SMILES string of the molecule is Cc1ccccc1CCNCC1(CN)COC1. The third-order valence-electron chi connectivity index (χ3n) is 3.58. The van der Waals surface area contributed by atoms with Gasteiger partial charge in [-0.25, -0.2) is 0 Å². The maximum atomic E-state index is 5.77. The fraction of sp³-hybridized carbons (Fsp3) is 0.571. The molecule has 3 nitrogen and oxygen atoms in total. The Morgan fingerprint density at radius 1 is 1.35 bits per heavy atom. The molecular weight excluding hydrogens is 212 g/mol. The first kappa shape index (κ1) is 12.6. The molecule has 0 spiro atoms. The number of hydrogen-bond acceptors (Lipinski definition) is 3. The molecule has 1 aromatic rings. The zero-order valence-corrected chi connectivity index (χ0v) is 10.5. The van der Waals surface area contributed by atoms with Gasteiger partial charge in [0.2, 0.25) is 0 Å². The summed E-state index contributed by atoms with van der Waals surface area (Å²) in [5.74, 6) is 0. The molecule has 2 rings (SSSR count). The number of ether oxygens (including phenoxy) is 1. The zero-order valence-electron chi connectivity index (χ0n) is 10.5. The molecule has 1 aliphatic rings. The van der Waals surface area contributed by atoms with Crippen LogP contribution in [-0.4, -0.2) is 32.8 Å². The Hall–Kier alpha value is -0.900. The van der Waals surface area contributed by atoms with Gasteiger partial charge in [-0.1, -0.05) is 24.3 Å². The monoisotopic (exact) mass is 234 g/mol. The van der Waals surface area contributed by atoms with Crippen molar-refractivity contribution in [2.24, 2.45) is 11.1 Å². The maximum absolute atomic E-state index is 5.77. The minimum absolute atomic E-state index is 0.200. The van der Waals surface area contributed by atoms with Gasteiger partial charge < -0.3 is 15.8 Å². The molecule has 0 unspecified atom stereocenters. The molecule has 1 aliphatic heterocycles. The highest BCUT2D eigenvalue weighted by Crippen LogP contribution is 2.24. The molecule has 0 aromatic heterocycles. The fourth-order valence-electron chi connectivity index (χ4n) is 2.15. The summed E-state index contributed by atoms with van der Waals surface area (Å²) in [7, 11) is 0. The molecule has 0 atom stereocenters. The predicted octanol–water partition coefficient (Wildman–Crippen LogP) is 1.10. The van der Waals surface area contributed by atoms with E-state index in [1.54, 1.807) is 0 Å². The Kier molecular flexibility index (Phi) is 4.15. The van der Waals surface area contributed by atoms with E-state index >= 15 is 0 Å². The van der Waals surface area contributed by atoms with Gasteiger partial charge in [-0.05, 0) is 31.0 Å². The van der Waals surface area contributed by atoms with Crippen molar-refractivity contribution in [3.8, 4) is 0 Å². The highest BCUT2D eigenvalue weighted by atomic mass is 16.5. The molecule has 1 aromatic carbocycles. The largest absolute Gasteiger partial charge is 0.380 e. The minimum Gasteiger partial charge on any atom is -0.380 e. The third-order valence-corrected chi connectivity index (χ3v) is 3.58. The van der Waals surface area contributed by atoms with Crippen LogP contribution in [0.15, 0.2) is 24.3 Å². The van der Waals surface area contributed by atoms with Crippen LogP contribution in [0.25, 0.3) is 0 Å². The van der Waals surface area contributed by atoms with Crippen LogP contribution in [0.5, 0.6) is 0 Å². The van der Waals surface area contributed by atoms with Crippen LogP contribution in [0.4, 0.5) is 0 Å². The molecule has 1 fully saturated rings. The highest BCUT2D eigenvalue weighted by molar-refractivity contribution is 5.25. The molecule has 3 N–H and O–H groups in total. The van der Waals surface area contributed by atoms with Crippen molar-refractivity contribution >= 4 is 0 Å². The first-order valence-electron chi connectivity index (χ1n) is 6.29. The van der Waals surface area contributed by atoms with Crippen LogP contribution in [-0.2, 0) is 11.2 Å². The maximum Gasteiger partial charge on any atom is 0.0569 e. The normalized spacial score (nSPS) is 17.8. The second kappa shape index (κ2) is 5.63. The van der Waals surface area contributed by atoms with Gasteiger partial charge in [0.15, 0.2) is 0 Å². The van der Waals surface area contributed by atoms with Crippen molar-refractivity contribution in [1.29, 1.82) is 0 Å². The number of nitrogens with two attached hydrogens (primary N) is 1. The molecule has 1 saturated heterocycles. The quantitative estimate of drug-likeness (QED) is 0.725. The third kappa shape index (κ3) is 3.06. The molecule has 17 heavy (non-hydrogen) atoms. The molecule has 0 bridgehead atoms. The van der Waals surface area contributed by atoms with Gasteiger partial charge in [-0.2, -0.15) is 0 Å². The molecule has 3 heteroatoms. The minimum atomic E-state index is 0.200. The molecule has 0 saturated carbocycles. The topological polar surface area (TPSA) is 47.3 Å². The predicted molar refractivity (Wildman–Crippen MR) is 70.1 cm³/mol. The molecular formula is C14H22N2O. The van der Waals surface area contributed by atoms with Crippen molar-refractivity contribution in [2.75, 3.05) is 32.8 Å². The van der Waals surface area contributed by atoms with Gasteiger partial charge in [0.1, 0.15) is 0 Å². The number of aryl methyl sites for hydroxylation is 1. The summed E-state index contributed by atoms with van der Waals surface area (Å²) in [6, 6.07) is 8.55. The average molecular weight is 234 g/mol.